The van der Waals surface area contributed by atoms with E-state index >= 15 is 0 Å². The molecule has 1 heterocycles. The minimum atomic E-state index is -1.08. The van der Waals surface area contributed by atoms with Crippen LogP contribution in [-0.4, -0.2) is 29.2 Å². The first-order valence-electron chi connectivity index (χ1n) is 4.39. The topological polar surface area (TPSA) is 78.4 Å². The van der Waals surface area contributed by atoms with Crippen LogP contribution in [0, 0.1) is 0 Å². The van der Waals surface area contributed by atoms with Gasteiger partial charge < -0.3 is 10.4 Å². The number of carbonyl (C=O) groups is 2. The van der Waals surface area contributed by atoms with Crippen LogP contribution < -0.4 is 10.6 Å². The van der Waals surface area contributed by atoms with E-state index in [1.54, 1.807) is 0 Å². The standard InChI is InChI=1S/C8H14N2O3/c1-2-3-4-8(5-11)6(12)9-7(13)10-8/h11H,2-5H2,1H3,(H2,9,10,12,13)/t8-/m1/s1. The van der Waals surface area contributed by atoms with E-state index in [9.17, 15) is 9.59 Å². The zero-order valence-corrected chi connectivity index (χ0v) is 7.59. The normalized spacial score (nSPS) is 27.2. The number of unbranched alkanes of at least 4 members (excludes halogenated alkanes) is 1. The van der Waals surface area contributed by atoms with E-state index in [4.69, 9.17) is 5.11 Å². The summed E-state index contributed by atoms with van der Waals surface area (Å²) in [5.74, 6) is -0.423. The molecule has 3 N–H and O–H groups in total. The van der Waals surface area contributed by atoms with Gasteiger partial charge in [0.25, 0.3) is 5.91 Å². The highest BCUT2D eigenvalue weighted by Gasteiger charge is 2.44. The Labute approximate surface area is 76.5 Å². The molecular formula is C8H14N2O3. The van der Waals surface area contributed by atoms with Crippen LogP contribution in [0.4, 0.5) is 4.79 Å². The van der Waals surface area contributed by atoms with Crippen molar-refractivity contribution < 1.29 is 14.7 Å². The molecule has 0 aromatic heterocycles. The van der Waals surface area contributed by atoms with E-state index < -0.39 is 17.5 Å². The Balaban J connectivity index is 2.68. The summed E-state index contributed by atoms with van der Waals surface area (Å²) in [4.78, 5) is 22.1. The molecule has 0 spiro atoms. The van der Waals surface area contributed by atoms with Crippen molar-refractivity contribution in [2.45, 2.75) is 31.7 Å². The Bertz CT molecular complexity index is 229. The van der Waals surface area contributed by atoms with E-state index in [1.165, 1.54) is 0 Å². The van der Waals surface area contributed by atoms with Crippen molar-refractivity contribution in [3.8, 4) is 0 Å². The van der Waals surface area contributed by atoms with E-state index in [0.29, 0.717) is 6.42 Å². The van der Waals surface area contributed by atoms with Gasteiger partial charge in [0.05, 0.1) is 6.61 Å². The molecule has 0 bridgehead atoms. The van der Waals surface area contributed by atoms with E-state index in [0.717, 1.165) is 12.8 Å². The fraction of sp³-hybridized carbons (Fsp3) is 0.750. The molecule has 1 aliphatic heterocycles. The van der Waals surface area contributed by atoms with E-state index in [1.807, 2.05) is 6.92 Å². The summed E-state index contributed by atoms with van der Waals surface area (Å²) >= 11 is 0. The number of urea groups is 1. The lowest BCUT2D eigenvalue weighted by Crippen LogP contribution is -2.50. The largest absolute Gasteiger partial charge is 0.393 e. The van der Waals surface area contributed by atoms with Gasteiger partial charge in [0.2, 0.25) is 0 Å². The van der Waals surface area contributed by atoms with E-state index in [2.05, 4.69) is 10.6 Å². The van der Waals surface area contributed by atoms with Gasteiger partial charge in [-0.1, -0.05) is 19.8 Å². The Morgan fingerprint density at radius 1 is 1.46 bits per heavy atom. The quantitative estimate of drug-likeness (QED) is 0.529. The number of aliphatic hydroxyl groups is 1. The predicted octanol–water partition coefficient (Wildman–Crippen LogP) is -0.253. The van der Waals surface area contributed by atoms with Crippen LogP contribution >= 0.6 is 0 Å². The molecule has 3 amide bonds. The number of carbonyl (C=O) groups excluding carboxylic acids is 2. The van der Waals surface area contributed by atoms with Gasteiger partial charge >= 0.3 is 6.03 Å². The van der Waals surface area contributed by atoms with Gasteiger partial charge in [0.1, 0.15) is 5.54 Å². The molecule has 5 heteroatoms. The molecule has 1 rings (SSSR count). The van der Waals surface area contributed by atoms with Crippen molar-refractivity contribution in [3.05, 3.63) is 0 Å². The number of hydrogen-bond donors (Lipinski definition) is 3. The first-order valence-corrected chi connectivity index (χ1v) is 4.39. The summed E-state index contributed by atoms with van der Waals surface area (Å²) in [5.41, 5.74) is -1.08. The van der Waals surface area contributed by atoms with Crippen LogP contribution in [0.5, 0.6) is 0 Å². The molecule has 74 valence electrons. The SMILES string of the molecule is CCCC[C@]1(CO)NC(=O)NC1=O. The van der Waals surface area contributed by atoms with Gasteiger partial charge in [0, 0.05) is 0 Å². The first-order chi connectivity index (χ1) is 6.14. The van der Waals surface area contributed by atoms with Crippen LogP contribution in [0.15, 0.2) is 0 Å². The highest BCUT2D eigenvalue weighted by molar-refractivity contribution is 6.07. The molecule has 0 aromatic rings. The number of hydrogen-bond acceptors (Lipinski definition) is 3. The van der Waals surface area contributed by atoms with Crippen LogP contribution in [0.3, 0.4) is 0 Å². The van der Waals surface area contributed by atoms with Crippen molar-refractivity contribution in [1.29, 1.82) is 0 Å². The Hall–Kier alpha value is -1.10. The monoisotopic (exact) mass is 186 g/mol. The van der Waals surface area contributed by atoms with Gasteiger partial charge in [-0.3, -0.25) is 10.1 Å². The maximum atomic E-state index is 11.3. The number of amides is 3. The minimum absolute atomic E-state index is 0.343. The number of rotatable bonds is 4. The summed E-state index contributed by atoms with van der Waals surface area (Å²) in [6.45, 7) is 1.64. The highest BCUT2D eigenvalue weighted by atomic mass is 16.3. The fourth-order valence-electron chi connectivity index (χ4n) is 1.37. The number of imide groups is 1. The molecule has 0 aliphatic carbocycles. The maximum Gasteiger partial charge on any atom is 0.322 e. The third-order valence-electron chi connectivity index (χ3n) is 2.24. The second-order valence-electron chi connectivity index (χ2n) is 3.25. The Morgan fingerprint density at radius 2 is 2.15 bits per heavy atom. The molecule has 5 nitrogen and oxygen atoms in total. The van der Waals surface area contributed by atoms with Crippen molar-refractivity contribution in [1.82, 2.24) is 10.6 Å². The third kappa shape index (κ3) is 1.80. The molecule has 1 fully saturated rings. The van der Waals surface area contributed by atoms with Crippen LogP contribution in [0.2, 0.25) is 0 Å². The van der Waals surface area contributed by atoms with Crippen LogP contribution in [0.25, 0.3) is 0 Å². The molecule has 0 saturated carbocycles. The average Bonchev–Trinajstić information content (AvgIpc) is 2.38. The zero-order chi connectivity index (χ0) is 9.90. The second-order valence-corrected chi connectivity index (χ2v) is 3.25. The van der Waals surface area contributed by atoms with Gasteiger partial charge in [-0.2, -0.15) is 0 Å². The number of aliphatic hydroxyl groups excluding tert-OH is 1. The maximum absolute atomic E-state index is 11.3. The van der Waals surface area contributed by atoms with Crippen molar-refractivity contribution in [3.63, 3.8) is 0 Å². The lowest BCUT2D eigenvalue weighted by atomic mass is 9.94. The zero-order valence-electron chi connectivity index (χ0n) is 7.59. The lowest BCUT2D eigenvalue weighted by molar-refractivity contribution is -0.125. The Morgan fingerprint density at radius 3 is 2.54 bits per heavy atom. The van der Waals surface area contributed by atoms with Crippen LogP contribution in [-0.2, 0) is 4.79 Å². The summed E-state index contributed by atoms with van der Waals surface area (Å²) in [5, 5.41) is 13.6. The molecule has 1 aliphatic rings. The fourth-order valence-corrected chi connectivity index (χ4v) is 1.37. The highest BCUT2D eigenvalue weighted by Crippen LogP contribution is 2.17. The number of nitrogens with one attached hydrogen (secondary N) is 2. The summed E-state index contributed by atoms with van der Waals surface area (Å²) in [6.07, 6.45) is 2.21. The van der Waals surface area contributed by atoms with Gasteiger partial charge in [-0.05, 0) is 6.42 Å². The first kappa shape index (κ1) is 9.98. The van der Waals surface area contributed by atoms with E-state index in [-0.39, 0.29) is 6.61 Å². The molecule has 13 heavy (non-hydrogen) atoms. The molecule has 1 saturated heterocycles. The molecule has 0 radical (unpaired) electrons. The van der Waals surface area contributed by atoms with Crippen molar-refractivity contribution >= 4 is 11.9 Å². The van der Waals surface area contributed by atoms with Crippen molar-refractivity contribution in [2.75, 3.05) is 6.61 Å². The molecular weight excluding hydrogens is 172 g/mol. The third-order valence-corrected chi connectivity index (χ3v) is 2.24. The Kier molecular flexibility index (Phi) is 2.87. The summed E-state index contributed by atoms with van der Waals surface area (Å²) in [7, 11) is 0. The smallest absolute Gasteiger partial charge is 0.322 e. The lowest BCUT2D eigenvalue weighted by Gasteiger charge is -2.22. The van der Waals surface area contributed by atoms with Gasteiger partial charge in [-0.25, -0.2) is 4.79 Å². The second kappa shape index (κ2) is 3.74. The molecule has 1 atom stereocenters. The van der Waals surface area contributed by atoms with Gasteiger partial charge in [-0.15, -0.1) is 0 Å². The minimum Gasteiger partial charge on any atom is -0.393 e. The predicted molar refractivity (Wildman–Crippen MR) is 46.0 cm³/mol. The summed E-state index contributed by atoms with van der Waals surface area (Å²) in [6, 6.07) is -0.518. The summed E-state index contributed by atoms with van der Waals surface area (Å²) < 4.78 is 0. The van der Waals surface area contributed by atoms with Crippen LogP contribution in [0.1, 0.15) is 26.2 Å². The molecule has 0 unspecified atom stereocenters. The molecule has 0 aromatic carbocycles. The van der Waals surface area contributed by atoms with Gasteiger partial charge in [0.15, 0.2) is 0 Å². The van der Waals surface area contributed by atoms with Crippen molar-refractivity contribution in [2.24, 2.45) is 0 Å². The average molecular weight is 186 g/mol.